The summed E-state index contributed by atoms with van der Waals surface area (Å²) in [6.07, 6.45) is 2.57. The molecule has 1 aliphatic heterocycles. The molecule has 1 rings (SSSR count). The summed E-state index contributed by atoms with van der Waals surface area (Å²) < 4.78 is 5.58. The number of likely N-dealkylation sites (N-methyl/N-ethyl adjacent to an activating group) is 1. The van der Waals surface area contributed by atoms with Crippen LogP contribution < -0.4 is 10.6 Å². The van der Waals surface area contributed by atoms with Crippen molar-refractivity contribution in [1.29, 1.82) is 0 Å². The number of nitrogens with zero attached hydrogens (tertiary/aromatic N) is 3. The molecule has 25 heavy (non-hydrogen) atoms. The van der Waals surface area contributed by atoms with Gasteiger partial charge in [-0.3, -0.25) is 4.99 Å². The van der Waals surface area contributed by atoms with Gasteiger partial charge in [-0.15, -0.1) is 24.0 Å². The number of nitrogens with one attached hydrogen (secondary N) is 2. The van der Waals surface area contributed by atoms with E-state index in [9.17, 15) is 0 Å². The maximum atomic E-state index is 5.58. The predicted molar refractivity (Wildman–Crippen MR) is 118 cm³/mol. The minimum atomic E-state index is 0. The Morgan fingerprint density at radius 1 is 1.16 bits per heavy atom. The van der Waals surface area contributed by atoms with Crippen LogP contribution in [-0.4, -0.2) is 88.9 Å². The van der Waals surface area contributed by atoms with Crippen molar-refractivity contribution in [1.82, 2.24) is 20.4 Å². The second-order valence-corrected chi connectivity index (χ2v) is 7.82. The molecule has 0 aromatic heterocycles. The number of aliphatic imine (C=N–C) groups is 1. The molecule has 0 saturated carbocycles. The summed E-state index contributed by atoms with van der Waals surface area (Å²) in [5.74, 6) is 0.858. The van der Waals surface area contributed by atoms with E-state index in [4.69, 9.17) is 4.74 Å². The van der Waals surface area contributed by atoms with Gasteiger partial charge in [0.25, 0.3) is 0 Å². The quantitative estimate of drug-likeness (QED) is 0.258. The van der Waals surface area contributed by atoms with Crippen LogP contribution in [0.5, 0.6) is 0 Å². The van der Waals surface area contributed by atoms with Gasteiger partial charge in [-0.05, 0) is 44.9 Å². The van der Waals surface area contributed by atoms with Crippen LogP contribution in [0.2, 0.25) is 0 Å². The lowest BCUT2D eigenvalue weighted by Crippen LogP contribution is -2.45. The van der Waals surface area contributed by atoms with Gasteiger partial charge in [-0.25, -0.2) is 0 Å². The minimum Gasteiger partial charge on any atom is -0.379 e. The summed E-state index contributed by atoms with van der Waals surface area (Å²) in [4.78, 5) is 9.30. The maximum Gasteiger partial charge on any atom is 0.191 e. The third kappa shape index (κ3) is 10.6. The van der Waals surface area contributed by atoms with Crippen molar-refractivity contribution in [2.45, 2.75) is 39.7 Å². The average molecular weight is 469 g/mol. The summed E-state index contributed by atoms with van der Waals surface area (Å²) in [6, 6.07) is 0. The van der Waals surface area contributed by atoms with Crippen LogP contribution in [-0.2, 0) is 4.74 Å². The van der Waals surface area contributed by atoms with Gasteiger partial charge in [0.05, 0.1) is 6.10 Å². The van der Waals surface area contributed by atoms with E-state index in [1.54, 1.807) is 7.11 Å². The molecular formula is C18H40IN5O. The minimum absolute atomic E-state index is 0. The van der Waals surface area contributed by atoms with Gasteiger partial charge in [0.2, 0.25) is 0 Å². The molecule has 6 nitrogen and oxygen atoms in total. The topological polar surface area (TPSA) is 52.1 Å². The maximum absolute atomic E-state index is 5.58. The molecule has 0 aromatic rings. The van der Waals surface area contributed by atoms with E-state index in [0.29, 0.717) is 0 Å². The highest BCUT2D eigenvalue weighted by molar-refractivity contribution is 14.0. The third-order valence-corrected chi connectivity index (χ3v) is 4.68. The zero-order chi connectivity index (χ0) is 18.0. The SMILES string of the molecule is CN=C(NCCCN1CCCN(C)CC1)NCC(OC)C(C)(C)C.I. The zero-order valence-corrected chi connectivity index (χ0v) is 19.4. The molecule has 0 radical (unpaired) electrons. The molecule has 1 fully saturated rings. The molecule has 0 bridgehead atoms. The van der Waals surface area contributed by atoms with Gasteiger partial charge in [0, 0.05) is 40.3 Å². The number of rotatable bonds is 7. The fourth-order valence-electron chi connectivity index (χ4n) is 2.99. The van der Waals surface area contributed by atoms with Crippen LogP contribution in [0.15, 0.2) is 4.99 Å². The van der Waals surface area contributed by atoms with E-state index < -0.39 is 0 Å². The third-order valence-electron chi connectivity index (χ3n) is 4.68. The Bertz CT molecular complexity index is 373. The number of halogens is 1. The fourth-order valence-corrected chi connectivity index (χ4v) is 2.99. The van der Waals surface area contributed by atoms with Crippen LogP contribution in [0.3, 0.4) is 0 Å². The number of ether oxygens (including phenoxy) is 1. The fraction of sp³-hybridized carbons (Fsp3) is 0.944. The Morgan fingerprint density at radius 2 is 1.88 bits per heavy atom. The first-order valence-corrected chi connectivity index (χ1v) is 9.25. The summed E-state index contributed by atoms with van der Waals surface area (Å²) in [6.45, 7) is 14.2. The molecule has 1 atom stereocenters. The van der Waals surface area contributed by atoms with Crippen molar-refractivity contribution >= 4 is 29.9 Å². The van der Waals surface area contributed by atoms with Crippen molar-refractivity contribution < 1.29 is 4.74 Å². The Hall–Kier alpha value is -0.120. The van der Waals surface area contributed by atoms with Crippen LogP contribution in [0.25, 0.3) is 0 Å². The molecule has 0 aliphatic carbocycles. The summed E-state index contributed by atoms with van der Waals surface area (Å²) in [5, 5.41) is 6.79. The summed E-state index contributed by atoms with van der Waals surface area (Å²) in [7, 11) is 5.80. The summed E-state index contributed by atoms with van der Waals surface area (Å²) >= 11 is 0. The highest BCUT2D eigenvalue weighted by Gasteiger charge is 2.24. The van der Waals surface area contributed by atoms with Crippen molar-refractivity contribution in [3.63, 3.8) is 0 Å². The van der Waals surface area contributed by atoms with Crippen LogP contribution in [0, 0.1) is 5.41 Å². The Balaban J connectivity index is 0.00000576. The van der Waals surface area contributed by atoms with Crippen molar-refractivity contribution in [2.75, 3.05) is 67.0 Å². The van der Waals surface area contributed by atoms with Crippen molar-refractivity contribution in [2.24, 2.45) is 10.4 Å². The first-order valence-electron chi connectivity index (χ1n) is 9.25. The second kappa shape index (κ2) is 13.1. The van der Waals surface area contributed by atoms with E-state index in [2.05, 4.69) is 53.2 Å². The molecule has 1 heterocycles. The molecule has 0 amide bonds. The molecule has 1 aliphatic rings. The van der Waals surface area contributed by atoms with Gasteiger partial charge in [0.1, 0.15) is 0 Å². The first-order chi connectivity index (χ1) is 11.4. The zero-order valence-electron chi connectivity index (χ0n) is 17.1. The number of guanidine groups is 1. The largest absolute Gasteiger partial charge is 0.379 e. The van der Waals surface area contributed by atoms with E-state index in [1.165, 1.54) is 32.6 Å². The molecule has 2 N–H and O–H groups in total. The van der Waals surface area contributed by atoms with E-state index in [1.807, 2.05) is 7.05 Å². The van der Waals surface area contributed by atoms with Crippen LogP contribution in [0.1, 0.15) is 33.6 Å². The van der Waals surface area contributed by atoms with Gasteiger partial charge in [-0.1, -0.05) is 20.8 Å². The highest BCUT2D eigenvalue weighted by atomic mass is 127. The number of methoxy groups -OCH3 is 1. The summed E-state index contributed by atoms with van der Waals surface area (Å²) in [5.41, 5.74) is 0.112. The van der Waals surface area contributed by atoms with Crippen molar-refractivity contribution in [3.05, 3.63) is 0 Å². The standard InChI is InChI=1S/C18H39N5O.HI/c1-18(2,3)16(24-6)15-21-17(19-4)20-9-7-11-23-12-8-10-22(5)13-14-23;/h16H,7-15H2,1-6H3,(H2,19,20,21);1H. The predicted octanol–water partition coefficient (Wildman–Crippen LogP) is 1.86. The van der Waals surface area contributed by atoms with E-state index in [0.717, 1.165) is 32.0 Å². The Labute approximate surface area is 172 Å². The van der Waals surface area contributed by atoms with Gasteiger partial charge in [0.15, 0.2) is 5.96 Å². The first kappa shape index (κ1) is 24.9. The lowest BCUT2D eigenvalue weighted by molar-refractivity contribution is 0.0205. The van der Waals surface area contributed by atoms with Gasteiger partial charge < -0.3 is 25.2 Å². The molecule has 0 spiro atoms. The molecule has 1 saturated heterocycles. The lowest BCUT2D eigenvalue weighted by Gasteiger charge is -2.30. The second-order valence-electron chi connectivity index (χ2n) is 7.82. The van der Waals surface area contributed by atoms with E-state index >= 15 is 0 Å². The molecular weight excluding hydrogens is 429 g/mol. The number of hydrogen-bond donors (Lipinski definition) is 2. The highest BCUT2D eigenvalue weighted by Crippen LogP contribution is 2.20. The molecule has 7 heteroatoms. The van der Waals surface area contributed by atoms with Crippen molar-refractivity contribution in [3.8, 4) is 0 Å². The Morgan fingerprint density at radius 3 is 2.48 bits per heavy atom. The Kier molecular flexibility index (Phi) is 13.0. The molecule has 0 aromatic carbocycles. The average Bonchev–Trinajstić information content (AvgIpc) is 2.73. The van der Waals surface area contributed by atoms with Gasteiger partial charge in [-0.2, -0.15) is 0 Å². The van der Waals surface area contributed by atoms with Crippen LogP contribution in [0.4, 0.5) is 0 Å². The van der Waals surface area contributed by atoms with E-state index in [-0.39, 0.29) is 35.5 Å². The normalized spacial score (nSPS) is 19.0. The van der Waals surface area contributed by atoms with Crippen LogP contribution >= 0.6 is 24.0 Å². The van der Waals surface area contributed by atoms with Gasteiger partial charge >= 0.3 is 0 Å². The molecule has 1 unspecified atom stereocenters. The molecule has 150 valence electrons. The lowest BCUT2D eigenvalue weighted by atomic mass is 9.89. The number of hydrogen-bond acceptors (Lipinski definition) is 4. The smallest absolute Gasteiger partial charge is 0.191 e. The monoisotopic (exact) mass is 469 g/mol.